The maximum Gasteiger partial charge on any atom is 0.264 e. The Bertz CT molecular complexity index is 1190. The van der Waals surface area contributed by atoms with Gasteiger partial charge in [-0.2, -0.15) is 0 Å². The number of rotatable bonds is 4. The van der Waals surface area contributed by atoms with Crippen LogP contribution in [0.15, 0.2) is 64.0 Å². The Morgan fingerprint density at radius 3 is 2.68 bits per heavy atom. The standard InChI is InChI=1S/C20H16BrNO5S/c1-26-16-10-9-15(21)19-18(16)14(11-27-19)20(23)22-28(24,25)17-8-4-6-12-5-2-3-7-13(12)17/h2-10,14H,11H2,1H3,(H,22,23)/t14-/m0/s1. The number of methoxy groups -OCH3 is 1. The Balaban J connectivity index is 1.70. The van der Waals surface area contributed by atoms with Crippen LogP contribution in [0.4, 0.5) is 0 Å². The highest BCUT2D eigenvalue weighted by Crippen LogP contribution is 2.45. The predicted molar refractivity (Wildman–Crippen MR) is 108 cm³/mol. The van der Waals surface area contributed by atoms with Gasteiger partial charge in [0.1, 0.15) is 24.0 Å². The molecule has 0 aliphatic carbocycles. The van der Waals surface area contributed by atoms with Crippen molar-refractivity contribution in [1.29, 1.82) is 0 Å². The van der Waals surface area contributed by atoms with E-state index in [1.807, 2.05) is 18.2 Å². The van der Waals surface area contributed by atoms with Crippen LogP contribution in [0, 0.1) is 0 Å². The highest BCUT2D eigenvalue weighted by molar-refractivity contribution is 9.10. The maximum atomic E-state index is 12.9. The van der Waals surface area contributed by atoms with Crippen molar-refractivity contribution in [3.05, 3.63) is 64.6 Å². The van der Waals surface area contributed by atoms with Gasteiger partial charge in [-0.25, -0.2) is 13.1 Å². The molecule has 3 aromatic rings. The molecule has 0 aromatic heterocycles. The quantitative estimate of drug-likeness (QED) is 0.641. The number of ether oxygens (including phenoxy) is 2. The summed E-state index contributed by atoms with van der Waals surface area (Å²) in [4.78, 5) is 12.9. The van der Waals surface area contributed by atoms with Gasteiger partial charge in [0.05, 0.1) is 22.0 Å². The zero-order chi connectivity index (χ0) is 19.9. The number of carbonyl (C=O) groups is 1. The van der Waals surface area contributed by atoms with Crippen LogP contribution in [0.2, 0.25) is 0 Å². The van der Waals surface area contributed by atoms with Crippen molar-refractivity contribution >= 4 is 42.6 Å². The molecule has 4 rings (SSSR count). The van der Waals surface area contributed by atoms with Gasteiger partial charge in [-0.15, -0.1) is 0 Å². The predicted octanol–water partition coefficient (Wildman–Crippen LogP) is 3.59. The van der Waals surface area contributed by atoms with Crippen LogP contribution in [-0.4, -0.2) is 28.0 Å². The largest absolute Gasteiger partial charge is 0.496 e. The molecular weight excluding hydrogens is 446 g/mol. The molecule has 1 heterocycles. The fourth-order valence-corrected chi connectivity index (χ4v) is 5.07. The second-order valence-electron chi connectivity index (χ2n) is 6.30. The van der Waals surface area contributed by atoms with Crippen molar-refractivity contribution in [3.8, 4) is 11.5 Å². The average molecular weight is 462 g/mol. The molecule has 28 heavy (non-hydrogen) atoms. The molecule has 1 aliphatic heterocycles. The van der Waals surface area contributed by atoms with Crippen LogP contribution in [0.5, 0.6) is 11.5 Å². The van der Waals surface area contributed by atoms with Crippen LogP contribution >= 0.6 is 15.9 Å². The minimum atomic E-state index is -4.06. The van der Waals surface area contributed by atoms with E-state index < -0.39 is 21.8 Å². The van der Waals surface area contributed by atoms with Gasteiger partial charge in [0.15, 0.2) is 0 Å². The Morgan fingerprint density at radius 2 is 1.89 bits per heavy atom. The summed E-state index contributed by atoms with van der Waals surface area (Å²) in [5.74, 6) is -0.504. The molecule has 1 amide bonds. The lowest BCUT2D eigenvalue weighted by atomic mass is 10.00. The molecule has 0 fully saturated rings. The Labute approximate surface area is 170 Å². The van der Waals surface area contributed by atoms with E-state index in [1.54, 1.807) is 30.3 Å². The van der Waals surface area contributed by atoms with E-state index in [9.17, 15) is 13.2 Å². The van der Waals surface area contributed by atoms with E-state index in [0.717, 1.165) is 5.39 Å². The van der Waals surface area contributed by atoms with Gasteiger partial charge >= 0.3 is 0 Å². The first-order valence-corrected chi connectivity index (χ1v) is 10.7. The van der Waals surface area contributed by atoms with Crippen molar-refractivity contribution < 1.29 is 22.7 Å². The number of hydrogen-bond acceptors (Lipinski definition) is 5. The molecule has 6 nitrogen and oxygen atoms in total. The van der Waals surface area contributed by atoms with Gasteiger partial charge in [-0.1, -0.05) is 36.4 Å². The molecule has 0 saturated carbocycles. The topological polar surface area (TPSA) is 81.7 Å². The minimum absolute atomic E-state index is 0.0329. The van der Waals surface area contributed by atoms with E-state index in [-0.39, 0.29) is 11.5 Å². The third-order valence-corrected chi connectivity index (χ3v) is 6.69. The number of halogens is 1. The van der Waals surface area contributed by atoms with Crippen LogP contribution in [0.1, 0.15) is 11.5 Å². The van der Waals surface area contributed by atoms with Gasteiger partial charge in [0, 0.05) is 5.39 Å². The molecule has 3 aromatic carbocycles. The summed E-state index contributed by atoms with van der Waals surface area (Å²) in [6, 6.07) is 15.5. The van der Waals surface area contributed by atoms with E-state index in [4.69, 9.17) is 9.47 Å². The number of nitrogens with one attached hydrogen (secondary N) is 1. The van der Waals surface area contributed by atoms with Crippen LogP contribution < -0.4 is 14.2 Å². The summed E-state index contributed by atoms with van der Waals surface area (Å²) in [7, 11) is -2.57. The number of hydrogen-bond donors (Lipinski definition) is 1. The number of benzene rings is 3. The fraction of sp³-hybridized carbons (Fsp3) is 0.150. The molecule has 0 unspecified atom stereocenters. The summed E-state index contributed by atoms with van der Waals surface area (Å²) in [5, 5.41) is 1.33. The summed E-state index contributed by atoms with van der Waals surface area (Å²) in [6.07, 6.45) is 0. The number of amides is 1. The Kier molecular flexibility index (Phi) is 4.76. The highest BCUT2D eigenvalue weighted by Gasteiger charge is 2.37. The van der Waals surface area contributed by atoms with Crippen molar-refractivity contribution in [2.24, 2.45) is 0 Å². The van der Waals surface area contributed by atoms with E-state index in [0.29, 0.717) is 26.9 Å². The van der Waals surface area contributed by atoms with Crippen molar-refractivity contribution in [3.63, 3.8) is 0 Å². The first kappa shape index (κ1) is 18.8. The average Bonchev–Trinajstić information content (AvgIpc) is 3.14. The molecule has 1 atom stereocenters. The number of sulfonamides is 1. The minimum Gasteiger partial charge on any atom is -0.496 e. The molecule has 0 bridgehead atoms. The Hall–Kier alpha value is -2.58. The van der Waals surface area contributed by atoms with Gasteiger partial charge in [-0.05, 0) is 39.5 Å². The zero-order valence-electron chi connectivity index (χ0n) is 14.8. The first-order chi connectivity index (χ1) is 13.4. The van der Waals surface area contributed by atoms with Gasteiger partial charge < -0.3 is 9.47 Å². The first-order valence-electron chi connectivity index (χ1n) is 8.46. The van der Waals surface area contributed by atoms with Gasteiger partial charge in [0.25, 0.3) is 10.0 Å². The van der Waals surface area contributed by atoms with E-state index >= 15 is 0 Å². The molecule has 0 radical (unpaired) electrons. The number of carbonyl (C=O) groups excluding carboxylic acids is 1. The third kappa shape index (κ3) is 3.12. The molecule has 0 saturated heterocycles. The van der Waals surface area contributed by atoms with E-state index in [1.165, 1.54) is 13.2 Å². The molecule has 1 aliphatic rings. The van der Waals surface area contributed by atoms with Crippen molar-refractivity contribution in [2.45, 2.75) is 10.8 Å². The van der Waals surface area contributed by atoms with Crippen LogP contribution in [0.3, 0.4) is 0 Å². The molecule has 8 heteroatoms. The second kappa shape index (κ2) is 7.10. The monoisotopic (exact) mass is 461 g/mol. The normalized spacial score (nSPS) is 15.7. The smallest absolute Gasteiger partial charge is 0.264 e. The number of fused-ring (bicyclic) bond motifs is 2. The molecule has 0 spiro atoms. The van der Waals surface area contributed by atoms with Gasteiger partial charge in [-0.3, -0.25) is 4.79 Å². The van der Waals surface area contributed by atoms with Crippen molar-refractivity contribution in [2.75, 3.05) is 13.7 Å². The van der Waals surface area contributed by atoms with E-state index in [2.05, 4.69) is 20.7 Å². The molecule has 1 N–H and O–H groups in total. The lowest BCUT2D eigenvalue weighted by Gasteiger charge is -2.14. The van der Waals surface area contributed by atoms with Crippen molar-refractivity contribution in [1.82, 2.24) is 4.72 Å². The second-order valence-corrected chi connectivity index (χ2v) is 8.81. The highest BCUT2D eigenvalue weighted by atomic mass is 79.9. The van der Waals surface area contributed by atoms with Gasteiger partial charge in [0.2, 0.25) is 5.91 Å². The summed E-state index contributed by atoms with van der Waals surface area (Å²) >= 11 is 3.38. The summed E-state index contributed by atoms with van der Waals surface area (Å²) in [5.41, 5.74) is 0.530. The maximum absolute atomic E-state index is 12.9. The Morgan fingerprint density at radius 1 is 1.14 bits per heavy atom. The lowest BCUT2D eigenvalue weighted by molar-refractivity contribution is -0.121. The molecule has 144 valence electrons. The lowest BCUT2D eigenvalue weighted by Crippen LogP contribution is -2.35. The third-order valence-electron chi connectivity index (χ3n) is 4.66. The van der Waals surface area contributed by atoms with Crippen LogP contribution in [-0.2, 0) is 14.8 Å². The summed E-state index contributed by atoms with van der Waals surface area (Å²) < 4.78 is 39.7. The summed E-state index contributed by atoms with van der Waals surface area (Å²) in [6.45, 7) is 0.0329. The fourth-order valence-electron chi connectivity index (χ4n) is 3.35. The van der Waals surface area contributed by atoms with Crippen LogP contribution in [0.25, 0.3) is 10.8 Å². The SMILES string of the molecule is COc1ccc(Br)c2c1[C@@H](C(=O)NS(=O)(=O)c1cccc3ccccc13)CO2. The zero-order valence-corrected chi connectivity index (χ0v) is 17.2. The molecular formula is C20H16BrNO5S.